The third-order valence-corrected chi connectivity index (χ3v) is 3.37. The molecular formula is C16H17ClFNO. The van der Waals surface area contributed by atoms with Gasteiger partial charge < -0.3 is 10.5 Å². The van der Waals surface area contributed by atoms with Crippen molar-refractivity contribution in [3.63, 3.8) is 0 Å². The Labute approximate surface area is 123 Å². The standard InChI is InChI=1S/C16H17ClFNO/c1-2-13(19)9-11-5-3-8-15(17)16(11)20-14-7-4-6-12(18)10-14/h3-8,10,13H,2,9,19H2,1H3. The molecule has 0 aliphatic rings. The summed E-state index contributed by atoms with van der Waals surface area (Å²) >= 11 is 6.19. The molecule has 0 saturated carbocycles. The van der Waals surface area contributed by atoms with Crippen molar-refractivity contribution in [2.24, 2.45) is 5.73 Å². The molecule has 4 heteroatoms. The highest BCUT2D eigenvalue weighted by Crippen LogP contribution is 2.33. The number of benzene rings is 2. The minimum atomic E-state index is -0.346. The van der Waals surface area contributed by atoms with E-state index in [4.69, 9.17) is 22.1 Å². The van der Waals surface area contributed by atoms with E-state index in [9.17, 15) is 4.39 Å². The topological polar surface area (TPSA) is 35.2 Å². The Morgan fingerprint density at radius 2 is 2.00 bits per heavy atom. The van der Waals surface area contributed by atoms with Crippen LogP contribution in [0.4, 0.5) is 4.39 Å². The second kappa shape index (κ2) is 6.73. The third kappa shape index (κ3) is 3.71. The van der Waals surface area contributed by atoms with Crippen LogP contribution in [-0.2, 0) is 6.42 Å². The first kappa shape index (κ1) is 14.8. The monoisotopic (exact) mass is 293 g/mol. The Kier molecular flexibility index (Phi) is 4.99. The largest absolute Gasteiger partial charge is 0.455 e. The van der Waals surface area contributed by atoms with E-state index in [1.165, 1.54) is 12.1 Å². The second-order valence-corrected chi connectivity index (χ2v) is 5.07. The van der Waals surface area contributed by atoms with Gasteiger partial charge in [-0.25, -0.2) is 4.39 Å². The fraction of sp³-hybridized carbons (Fsp3) is 0.250. The lowest BCUT2D eigenvalue weighted by Crippen LogP contribution is -2.21. The van der Waals surface area contributed by atoms with Crippen molar-refractivity contribution in [2.75, 3.05) is 0 Å². The van der Waals surface area contributed by atoms with E-state index in [0.29, 0.717) is 22.9 Å². The van der Waals surface area contributed by atoms with Crippen molar-refractivity contribution >= 4 is 11.6 Å². The van der Waals surface area contributed by atoms with E-state index in [-0.39, 0.29) is 11.9 Å². The van der Waals surface area contributed by atoms with Gasteiger partial charge in [-0.05, 0) is 36.6 Å². The summed E-state index contributed by atoms with van der Waals surface area (Å²) in [5.74, 6) is 0.620. The Bertz CT molecular complexity index is 588. The summed E-state index contributed by atoms with van der Waals surface area (Å²) < 4.78 is 18.9. The number of nitrogens with two attached hydrogens (primary N) is 1. The summed E-state index contributed by atoms with van der Waals surface area (Å²) in [6.45, 7) is 2.03. The van der Waals surface area contributed by atoms with E-state index >= 15 is 0 Å². The molecule has 0 radical (unpaired) electrons. The average molecular weight is 294 g/mol. The maximum Gasteiger partial charge on any atom is 0.149 e. The van der Waals surface area contributed by atoms with Gasteiger partial charge in [0.25, 0.3) is 0 Å². The lowest BCUT2D eigenvalue weighted by molar-refractivity contribution is 0.467. The third-order valence-electron chi connectivity index (χ3n) is 3.07. The number of hydrogen-bond donors (Lipinski definition) is 1. The summed E-state index contributed by atoms with van der Waals surface area (Å²) in [6, 6.07) is 11.6. The maximum atomic E-state index is 13.2. The summed E-state index contributed by atoms with van der Waals surface area (Å²) in [5, 5.41) is 0.495. The molecule has 1 unspecified atom stereocenters. The number of halogens is 2. The van der Waals surface area contributed by atoms with Crippen LogP contribution in [0, 0.1) is 5.82 Å². The SMILES string of the molecule is CCC(N)Cc1cccc(Cl)c1Oc1cccc(F)c1. The average Bonchev–Trinajstić information content (AvgIpc) is 2.42. The summed E-state index contributed by atoms with van der Waals surface area (Å²) in [5.41, 5.74) is 6.91. The van der Waals surface area contributed by atoms with Gasteiger partial charge in [-0.1, -0.05) is 36.7 Å². The highest BCUT2D eigenvalue weighted by atomic mass is 35.5. The van der Waals surface area contributed by atoms with E-state index in [2.05, 4.69) is 0 Å². The first-order chi connectivity index (χ1) is 9.60. The van der Waals surface area contributed by atoms with Gasteiger partial charge in [-0.15, -0.1) is 0 Å². The molecule has 0 saturated heterocycles. The molecule has 0 aromatic heterocycles. The molecule has 2 aromatic rings. The summed E-state index contributed by atoms with van der Waals surface area (Å²) in [4.78, 5) is 0. The molecule has 0 fully saturated rings. The van der Waals surface area contributed by atoms with Gasteiger partial charge in [0.1, 0.15) is 17.3 Å². The van der Waals surface area contributed by atoms with Crippen molar-refractivity contribution in [1.29, 1.82) is 0 Å². The molecule has 0 heterocycles. The normalized spacial score (nSPS) is 12.2. The quantitative estimate of drug-likeness (QED) is 0.877. The van der Waals surface area contributed by atoms with Crippen molar-refractivity contribution in [2.45, 2.75) is 25.8 Å². The van der Waals surface area contributed by atoms with E-state index < -0.39 is 0 Å². The molecular weight excluding hydrogens is 277 g/mol. The Hall–Kier alpha value is -1.58. The highest BCUT2D eigenvalue weighted by Gasteiger charge is 2.12. The van der Waals surface area contributed by atoms with E-state index in [1.807, 2.05) is 19.1 Å². The molecule has 0 amide bonds. The van der Waals surface area contributed by atoms with Gasteiger partial charge in [-0.3, -0.25) is 0 Å². The van der Waals surface area contributed by atoms with Crippen LogP contribution < -0.4 is 10.5 Å². The molecule has 20 heavy (non-hydrogen) atoms. The van der Waals surface area contributed by atoms with Gasteiger partial charge in [0, 0.05) is 12.1 Å². The first-order valence-electron chi connectivity index (χ1n) is 6.56. The van der Waals surface area contributed by atoms with Crippen LogP contribution in [-0.4, -0.2) is 6.04 Å². The minimum Gasteiger partial charge on any atom is -0.455 e. The van der Waals surface area contributed by atoms with Crippen molar-refractivity contribution in [3.05, 3.63) is 58.9 Å². The zero-order chi connectivity index (χ0) is 14.5. The number of rotatable bonds is 5. The number of para-hydroxylation sites is 1. The maximum absolute atomic E-state index is 13.2. The highest BCUT2D eigenvalue weighted by molar-refractivity contribution is 6.32. The smallest absolute Gasteiger partial charge is 0.149 e. The van der Waals surface area contributed by atoms with Crippen molar-refractivity contribution < 1.29 is 9.13 Å². The van der Waals surface area contributed by atoms with Gasteiger partial charge >= 0.3 is 0 Å². The molecule has 2 aromatic carbocycles. The van der Waals surface area contributed by atoms with E-state index in [1.54, 1.807) is 18.2 Å². The van der Waals surface area contributed by atoms with Gasteiger partial charge in [0.15, 0.2) is 0 Å². The van der Waals surface area contributed by atoms with Crippen LogP contribution in [0.2, 0.25) is 5.02 Å². The van der Waals surface area contributed by atoms with Crippen LogP contribution in [0.25, 0.3) is 0 Å². The molecule has 2 nitrogen and oxygen atoms in total. The molecule has 2 rings (SSSR count). The fourth-order valence-electron chi connectivity index (χ4n) is 1.90. The number of hydrogen-bond acceptors (Lipinski definition) is 2. The van der Waals surface area contributed by atoms with Crippen LogP contribution in [0.15, 0.2) is 42.5 Å². The molecule has 0 aliphatic carbocycles. The van der Waals surface area contributed by atoms with E-state index in [0.717, 1.165) is 12.0 Å². The number of ether oxygens (including phenoxy) is 1. The molecule has 0 spiro atoms. The summed E-state index contributed by atoms with van der Waals surface area (Å²) in [7, 11) is 0. The van der Waals surface area contributed by atoms with Crippen molar-refractivity contribution in [1.82, 2.24) is 0 Å². The second-order valence-electron chi connectivity index (χ2n) is 4.66. The molecule has 0 bridgehead atoms. The predicted octanol–water partition coefficient (Wildman–Crippen LogP) is 4.55. The molecule has 0 aliphatic heterocycles. The van der Waals surface area contributed by atoms with Gasteiger partial charge in [0.2, 0.25) is 0 Å². The van der Waals surface area contributed by atoms with Crippen molar-refractivity contribution in [3.8, 4) is 11.5 Å². The first-order valence-corrected chi connectivity index (χ1v) is 6.94. The van der Waals surface area contributed by atoms with Gasteiger partial charge in [-0.2, -0.15) is 0 Å². The molecule has 106 valence electrons. The minimum absolute atomic E-state index is 0.0447. The van der Waals surface area contributed by atoms with Crippen LogP contribution in [0.5, 0.6) is 11.5 Å². The van der Waals surface area contributed by atoms with Gasteiger partial charge in [0.05, 0.1) is 5.02 Å². The fourth-order valence-corrected chi connectivity index (χ4v) is 2.14. The lowest BCUT2D eigenvalue weighted by atomic mass is 10.0. The molecule has 2 N–H and O–H groups in total. The Morgan fingerprint density at radius 1 is 1.25 bits per heavy atom. The lowest BCUT2D eigenvalue weighted by Gasteiger charge is -2.15. The predicted molar refractivity (Wildman–Crippen MR) is 79.9 cm³/mol. The van der Waals surface area contributed by atoms with Crippen LogP contribution in [0.1, 0.15) is 18.9 Å². The zero-order valence-corrected chi connectivity index (χ0v) is 12.0. The summed E-state index contributed by atoms with van der Waals surface area (Å²) in [6.07, 6.45) is 1.54. The zero-order valence-electron chi connectivity index (χ0n) is 11.3. The Morgan fingerprint density at radius 3 is 2.70 bits per heavy atom. The van der Waals surface area contributed by atoms with Crippen LogP contribution in [0.3, 0.4) is 0 Å². The molecule has 1 atom stereocenters. The van der Waals surface area contributed by atoms with Crippen LogP contribution >= 0.6 is 11.6 Å². The Balaban J connectivity index is 2.30.